The highest BCUT2D eigenvalue weighted by Gasteiger charge is 2.50. The number of hydrogen-bond donors (Lipinski definition) is 8. The Morgan fingerprint density at radius 3 is 1.79 bits per heavy atom. The van der Waals surface area contributed by atoms with Crippen molar-refractivity contribution in [2.45, 2.75) is 61.4 Å². The summed E-state index contributed by atoms with van der Waals surface area (Å²) in [4.78, 5) is 0. The van der Waals surface area contributed by atoms with Gasteiger partial charge < -0.3 is 60.5 Å². The lowest BCUT2D eigenvalue weighted by molar-refractivity contribution is -0.355. The predicted molar refractivity (Wildman–Crippen MR) is 72.2 cm³/mol. The first-order valence-electron chi connectivity index (χ1n) is 7.08. The van der Waals surface area contributed by atoms with Gasteiger partial charge in [-0.25, -0.2) is 0 Å². The lowest BCUT2D eigenvalue weighted by Gasteiger charge is -2.45. The maximum Gasteiger partial charge on any atom is 0.187 e. The van der Waals surface area contributed by atoms with E-state index in [1.165, 1.54) is 0 Å². The Hall–Kier alpha value is -0.480. The highest BCUT2D eigenvalue weighted by Crippen LogP contribution is 2.28. The molecular formula is C12H24O12. The first-order valence-corrected chi connectivity index (χ1v) is 7.08. The molecule has 2 aliphatic rings. The third kappa shape index (κ3) is 4.01. The van der Waals surface area contributed by atoms with Gasteiger partial charge in [-0.2, -0.15) is 0 Å². The molecule has 12 nitrogen and oxygen atoms in total. The van der Waals surface area contributed by atoms with Gasteiger partial charge in [0, 0.05) is 0 Å². The van der Waals surface area contributed by atoms with Crippen LogP contribution in [0.15, 0.2) is 0 Å². The van der Waals surface area contributed by atoms with Crippen molar-refractivity contribution in [3.63, 3.8) is 0 Å². The lowest BCUT2D eigenvalue weighted by atomic mass is 9.97. The van der Waals surface area contributed by atoms with Gasteiger partial charge in [0.1, 0.15) is 48.8 Å². The van der Waals surface area contributed by atoms with E-state index in [0.717, 1.165) is 0 Å². The standard InChI is InChI=1S/C12H22O11.H2O/c13-1-3-5(15)6(16)9(19)12(22-3)23-10-4(2-14)21-11(20)8(18)7(10)17;/h3-20H,1-2H2;1H2/t3-,4+,5+,6+,7+,8+,9-,10+,11?,12+;/m0./s1. The lowest BCUT2D eigenvalue weighted by Crippen LogP contribution is -2.64. The van der Waals surface area contributed by atoms with Crippen LogP contribution in [0.3, 0.4) is 0 Å². The Balaban J connectivity index is 0.00000288. The molecule has 12 heteroatoms. The Morgan fingerprint density at radius 1 is 0.667 bits per heavy atom. The third-order valence-electron chi connectivity index (χ3n) is 3.98. The highest BCUT2D eigenvalue weighted by atomic mass is 16.7. The van der Waals surface area contributed by atoms with Crippen molar-refractivity contribution in [2.75, 3.05) is 13.2 Å². The number of aliphatic hydroxyl groups is 8. The molecule has 2 rings (SSSR count). The molecule has 2 saturated heterocycles. The second-order valence-electron chi connectivity index (χ2n) is 5.53. The SMILES string of the molecule is O.OC[C@@H]1O[C@H](O[C@H]2[C@H](O)[C@@H](O)C(O)O[C@@H]2CO)[C@@H](O)[C@H](O)[C@@H]1O. The van der Waals surface area contributed by atoms with Gasteiger partial charge in [0.25, 0.3) is 0 Å². The second-order valence-corrected chi connectivity index (χ2v) is 5.53. The summed E-state index contributed by atoms with van der Waals surface area (Å²) in [6, 6.07) is 0. The Morgan fingerprint density at radius 2 is 1.25 bits per heavy atom. The molecule has 2 aliphatic heterocycles. The van der Waals surface area contributed by atoms with Crippen LogP contribution in [0.25, 0.3) is 0 Å². The van der Waals surface area contributed by atoms with Crippen molar-refractivity contribution >= 4 is 0 Å². The number of rotatable bonds is 4. The average molecular weight is 360 g/mol. The zero-order chi connectivity index (χ0) is 17.3. The molecule has 10 atom stereocenters. The van der Waals surface area contributed by atoms with Crippen LogP contribution in [0.2, 0.25) is 0 Å². The van der Waals surface area contributed by atoms with Crippen LogP contribution in [0.1, 0.15) is 0 Å². The van der Waals surface area contributed by atoms with Crippen molar-refractivity contribution in [2.24, 2.45) is 0 Å². The fraction of sp³-hybridized carbons (Fsp3) is 1.00. The van der Waals surface area contributed by atoms with E-state index >= 15 is 0 Å². The van der Waals surface area contributed by atoms with E-state index < -0.39 is 74.6 Å². The summed E-state index contributed by atoms with van der Waals surface area (Å²) in [5.74, 6) is 0. The Kier molecular flexibility index (Phi) is 7.86. The molecule has 0 aromatic heterocycles. The fourth-order valence-electron chi connectivity index (χ4n) is 2.57. The number of hydrogen-bond acceptors (Lipinski definition) is 11. The summed E-state index contributed by atoms with van der Waals surface area (Å²) in [5, 5.41) is 76.5. The minimum Gasteiger partial charge on any atom is -0.412 e. The van der Waals surface area contributed by atoms with Crippen LogP contribution >= 0.6 is 0 Å². The normalized spacial score (nSPS) is 49.5. The predicted octanol–water partition coefficient (Wildman–Crippen LogP) is -6.22. The molecule has 0 radical (unpaired) electrons. The molecule has 0 bridgehead atoms. The number of ether oxygens (including phenoxy) is 3. The minimum atomic E-state index is -1.74. The van der Waals surface area contributed by atoms with Gasteiger partial charge in [0.15, 0.2) is 12.6 Å². The summed E-state index contributed by atoms with van der Waals surface area (Å²) in [5.41, 5.74) is 0. The largest absolute Gasteiger partial charge is 0.412 e. The number of aliphatic hydroxyl groups excluding tert-OH is 8. The molecule has 10 N–H and O–H groups in total. The summed E-state index contributed by atoms with van der Waals surface area (Å²) in [6.45, 7) is -1.35. The van der Waals surface area contributed by atoms with E-state index in [2.05, 4.69) is 0 Å². The minimum absolute atomic E-state index is 0. The maximum absolute atomic E-state index is 9.94. The van der Waals surface area contributed by atoms with E-state index in [9.17, 15) is 35.7 Å². The van der Waals surface area contributed by atoms with Gasteiger partial charge in [-0.1, -0.05) is 0 Å². The molecule has 0 spiro atoms. The van der Waals surface area contributed by atoms with Gasteiger partial charge in [-0.05, 0) is 0 Å². The molecule has 0 aromatic rings. The van der Waals surface area contributed by atoms with Crippen LogP contribution in [0, 0.1) is 0 Å². The molecule has 0 aliphatic carbocycles. The molecule has 2 fully saturated rings. The zero-order valence-electron chi connectivity index (χ0n) is 12.5. The highest BCUT2D eigenvalue weighted by molar-refractivity contribution is 4.93. The molecule has 1 unspecified atom stereocenters. The van der Waals surface area contributed by atoms with Gasteiger partial charge in [-0.15, -0.1) is 0 Å². The van der Waals surface area contributed by atoms with E-state index in [0.29, 0.717) is 0 Å². The van der Waals surface area contributed by atoms with Crippen LogP contribution < -0.4 is 0 Å². The molecule has 0 saturated carbocycles. The van der Waals surface area contributed by atoms with Gasteiger partial charge >= 0.3 is 0 Å². The topological polar surface area (TPSA) is 221 Å². The van der Waals surface area contributed by atoms with Crippen molar-refractivity contribution in [3.8, 4) is 0 Å². The molecule has 24 heavy (non-hydrogen) atoms. The fourth-order valence-corrected chi connectivity index (χ4v) is 2.57. The smallest absolute Gasteiger partial charge is 0.187 e. The van der Waals surface area contributed by atoms with E-state index in [-0.39, 0.29) is 5.48 Å². The molecule has 0 aromatic carbocycles. The van der Waals surface area contributed by atoms with E-state index in [1.54, 1.807) is 0 Å². The van der Waals surface area contributed by atoms with Crippen LogP contribution in [-0.4, -0.2) is 121 Å². The first kappa shape index (κ1) is 21.6. The van der Waals surface area contributed by atoms with Crippen LogP contribution in [0.5, 0.6) is 0 Å². The van der Waals surface area contributed by atoms with Gasteiger partial charge in [-0.3, -0.25) is 0 Å². The van der Waals surface area contributed by atoms with E-state index in [4.69, 9.17) is 19.3 Å². The monoisotopic (exact) mass is 360 g/mol. The second kappa shape index (κ2) is 8.75. The average Bonchev–Trinajstić information content (AvgIpc) is 2.55. The Bertz CT molecular complexity index is 379. The molecular weight excluding hydrogens is 336 g/mol. The zero-order valence-corrected chi connectivity index (χ0v) is 12.5. The van der Waals surface area contributed by atoms with E-state index in [1.807, 2.05) is 0 Å². The van der Waals surface area contributed by atoms with Crippen molar-refractivity contribution in [1.82, 2.24) is 0 Å². The summed E-state index contributed by atoms with van der Waals surface area (Å²) in [6.07, 6.45) is -15.6. The molecule has 144 valence electrons. The molecule has 0 amide bonds. The van der Waals surface area contributed by atoms with Crippen molar-refractivity contribution in [1.29, 1.82) is 0 Å². The van der Waals surface area contributed by atoms with Crippen LogP contribution in [-0.2, 0) is 14.2 Å². The first-order chi connectivity index (χ1) is 10.8. The summed E-state index contributed by atoms with van der Waals surface area (Å²) < 4.78 is 15.3. The van der Waals surface area contributed by atoms with Gasteiger partial charge in [0.05, 0.1) is 13.2 Å². The van der Waals surface area contributed by atoms with Crippen molar-refractivity contribution < 1.29 is 60.5 Å². The van der Waals surface area contributed by atoms with Crippen LogP contribution in [0.4, 0.5) is 0 Å². The third-order valence-corrected chi connectivity index (χ3v) is 3.98. The summed E-state index contributed by atoms with van der Waals surface area (Å²) >= 11 is 0. The molecule has 2 heterocycles. The maximum atomic E-state index is 9.94. The summed E-state index contributed by atoms with van der Waals surface area (Å²) in [7, 11) is 0. The van der Waals surface area contributed by atoms with Crippen molar-refractivity contribution in [3.05, 3.63) is 0 Å². The Labute approximate surface area is 136 Å². The quantitative estimate of drug-likeness (QED) is 0.235. The van der Waals surface area contributed by atoms with Gasteiger partial charge in [0.2, 0.25) is 0 Å².